The second kappa shape index (κ2) is 5.60. The molecule has 2 heterocycles. The van der Waals surface area contributed by atoms with Gasteiger partial charge in [0.15, 0.2) is 5.82 Å². The van der Waals surface area contributed by atoms with Gasteiger partial charge in [-0.25, -0.2) is 4.98 Å². The molecule has 0 amide bonds. The molecule has 0 aliphatic carbocycles. The molecule has 1 unspecified atom stereocenters. The number of alkyl halides is 1. The number of aromatic nitrogens is 3. The number of rotatable bonds is 4. The van der Waals surface area contributed by atoms with Crippen LogP contribution >= 0.6 is 27.5 Å². The van der Waals surface area contributed by atoms with Gasteiger partial charge in [0, 0.05) is 10.7 Å². The molecule has 0 bridgehead atoms. The van der Waals surface area contributed by atoms with E-state index >= 15 is 0 Å². The molecule has 2 aromatic rings. The molecule has 90 valence electrons. The minimum Gasteiger partial charge on any atom is -0.332 e. The van der Waals surface area contributed by atoms with Gasteiger partial charge in [-0.15, -0.1) is 11.6 Å². The predicted octanol–water partition coefficient (Wildman–Crippen LogP) is 3.97. The van der Waals surface area contributed by atoms with E-state index in [2.05, 4.69) is 38.0 Å². The van der Waals surface area contributed by atoms with Crippen LogP contribution < -0.4 is 0 Å². The summed E-state index contributed by atoms with van der Waals surface area (Å²) in [7, 11) is 0. The maximum atomic E-state index is 6.12. The summed E-state index contributed by atoms with van der Waals surface area (Å²) in [5.74, 6) is 0.919. The maximum absolute atomic E-state index is 6.12. The molecule has 2 rings (SSSR count). The fraction of sp³-hybridized carbons (Fsp3) is 0.364. The molecule has 1 atom stereocenters. The Hall–Kier alpha value is -0.940. The van der Waals surface area contributed by atoms with Crippen molar-refractivity contribution in [2.45, 2.75) is 25.1 Å². The number of pyridine rings is 1. The molecule has 6 heteroatoms. The van der Waals surface area contributed by atoms with Crippen molar-refractivity contribution in [3.05, 3.63) is 28.6 Å². The molecular weight excluding hydrogens is 305 g/mol. The molecule has 0 N–H and O–H groups in total. The Labute approximate surface area is 113 Å². The summed E-state index contributed by atoms with van der Waals surface area (Å²) in [6.07, 6.45) is 3.49. The van der Waals surface area contributed by atoms with Gasteiger partial charge in [-0.3, -0.25) is 0 Å². The minimum absolute atomic E-state index is 0.201. The van der Waals surface area contributed by atoms with Crippen molar-refractivity contribution in [3.8, 4) is 11.6 Å². The molecule has 0 aliphatic rings. The Bertz CT molecular complexity index is 486. The Morgan fingerprint density at radius 3 is 2.94 bits per heavy atom. The number of halogens is 2. The average Bonchev–Trinajstić information content (AvgIpc) is 2.80. The zero-order valence-electron chi connectivity index (χ0n) is 9.23. The lowest BCUT2D eigenvalue weighted by Crippen LogP contribution is -1.92. The SMILES string of the molecule is CCCC(Cl)c1noc(-c2ccc(Br)cn2)n1. The van der Waals surface area contributed by atoms with Crippen LogP contribution in [0.5, 0.6) is 0 Å². The van der Waals surface area contributed by atoms with Crippen LogP contribution in [-0.4, -0.2) is 15.1 Å². The largest absolute Gasteiger partial charge is 0.332 e. The summed E-state index contributed by atoms with van der Waals surface area (Å²) in [5, 5.41) is 3.66. The third-order valence-corrected chi connectivity index (χ3v) is 3.09. The molecule has 0 fully saturated rings. The summed E-state index contributed by atoms with van der Waals surface area (Å²) in [6, 6.07) is 3.68. The molecule has 0 radical (unpaired) electrons. The normalized spacial score (nSPS) is 12.6. The van der Waals surface area contributed by atoms with Gasteiger partial charge in [0.05, 0.1) is 5.38 Å². The molecular formula is C11H11BrClN3O. The Morgan fingerprint density at radius 1 is 1.47 bits per heavy atom. The highest BCUT2D eigenvalue weighted by Gasteiger charge is 2.16. The summed E-state index contributed by atoms with van der Waals surface area (Å²) in [5.41, 5.74) is 0.646. The van der Waals surface area contributed by atoms with E-state index in [1.165, 1.54) is 0 Å². The van der Waals surface area contributed by atoms with Crippen molar-refractivity contribution in [1.82, 2.24) is 15.1 Å². The molecule has 17 heavy (non-hydrogen) atoms. The van der Waals surface area contributed by atoms with Crippen LogP contribution in [0.2, 0.25) is 0 Å². The number of hydrogen-bond donors (Lipinski definition) is 0. The van der Waals surface area contributed by atoms with Gasteiger partial charge in [0.1, 0.15) is 5.69 Å². The lowest BCUT2D eigenvalue weighted by molar-refractivity contribution is 0.419. The van der Waals surface area contributed by atoms with Crippen LogP contribution in [0.3, 0.4) is 0 Å². The second-order valence-corrected chi connectivity index (χ2v) is 5.02. The summed E-state index contributed by atoms with van der Waals surface area (Å²) >= 11 is 9.44. The number of nitrogens with zero attached hydrogens (tertiary/aromatic N) is 3. The summed E-state index contributed by atoms with van der Waals surface area (Å²) < 4.78 is 6.04. The molecule has 0 saturated heterocycles. The van der Waals surface area contributed by atoms with E-state index < -0.39 is 0 Å². The van der Waals surface area contributed by atoms with E-state index in [1.54, 1.807) is 6.20 Å². The Balaban J connectivity index is 2.20. The Morgan fingerprint density at radius 2 is 2.29 bits per heavy atom. The molecule has 0 saturated carbocycles. The van der Waals surface area contributed by atoms with Crippen LogP contribution in [0.15, 0.2) is 27.3 Å². The van der Waals surface area contributed by atoms with E-state index in [0.29, 0.717) is 17.4 Å². The van der Waals surface area contributed by atoms with Gasteiger partial charge >= 0.3 is 0 Å². The lowest BCUT2D eigenvalue weighted by Gasteiger charge is -1.99. The van der Waals surface area contributed by atoms with Gasteiger partial charge in [-0.2, -0.15) is 4.98 Å². The lowest BCUT2D eigenvalue weighted by atomic mass is 10.2. The van der Waals surface area contributed by atoms with Gasteiger partial charge in [0.25, 0.3) is 5.89 Å². The first-order valence-corrected chi connectivity index (χ1v) is 6.53. The minimum atomic E-state index is -0.201. The monoisotopic (exact) mass is 315 g/mol. The van der Waals surface area contributed by atoms with E-state index in [1.807, 2.05) is 12.1 Å². The van der Waals surface area contributed by atoms with Crippen molar-refractivity contribution in [1.29, 1.82) is 0 Å². The van der Waals surface area contributed by atoms with Crippen LogP contribution in [-0.2, 0) is 0 Å². The quantitative estimate of drug-likeness (QED) is 0.801. The average molecular weight is 317 g/mol. The molecule has 0 spiro atoms. The topological polar surface area (TPSA) is 51.8 Å². The van der Waals surface area contributed by atoms with Crippen molar-refractivity contribution in [2.75, 3.05) is 0 Å². The fourth-order valence-corrected chi connectivity index (χ4v) is 1.89. The van der Waals surface area contributed by atoms with Crippen LogP contribution in [0.4, 0.5) is 0 Å². The summed E-state index contributed by atoms with van der Waals surface area (Å²) in [6.45, 7) is 2.06. The molecule has 0 aromatic carbocycles. The molecule has 2 aromatic heterocycles. The highest BCUT2D eigenvalue weighted by atomic mass is 79.9. The first kappa shape index (κ1) is 12.5. The third-order valence-electron chi connectivity index (χ3n) is 2.21. The van der Waals surface area contributed by atoms with Crippen molar-refractivity contribution in [3.63, 3.8) is 0 Å². The zero-order valence-corrected chi connectivity index (χ0v) is 11.6. The van der Waals surface area contributed by atoms with Gasteiger partial charge in [-0.1, -0.05) is 18.5 Å². The van der Waals surface area contributed by atoms with E-state index in [-0.39, 0.29) is 5.38 Å². The van der Waals surface area contributed by atoms with Crippen molar-refractivity contribution >= 4 is 27.5 Å². The fourth-order valence-electron chi connectivity index (χ4n) is 1.35. The van der Waals surface area contributed by atoms with Crippen molar-refractivity contribution in [2.24, 2.45) is 0 Å². The van der Waals surface area contributed by atoms with Gasteiger partial charge in [0.2, 0.25) is 0 Å². The highest BCUT2D eigenvalue weighted by Crippen LogP contribution is 2.25. The van der Waals surface area contributed by atoms with Crippen LogP contribution in [0, 0.1) is 0 Å². The zero-order chi connectivity index (χ0) is 12.3. The molecule has 0 aliphatic heterocycles. The van der Waals surface area contributed by atoms with Crippen molar-refractivity contribution < 1.29 is 4.52 Å². The predicted molar refractivity (Wildman–Crippen MR) is 68.7 cm³/mol. The van der Waals surface area contributed by atoms with E-state index in [0.717, 1.165) is 17.3 Å². The second-order valence-electron chi connectivity index (χ2n) is 3.58. The Kier molecular flexibility index (Phi) is 4.12. The van der Waals surface area contributed by atoms with Crippen LogP contribution in [0.25, 0.3) is 11.6 Å². The smallest absolute Gasteiger partial charge is 0.276 e. The highest BCUT2D eigenvalue weighted by molar-refractivity contribution is 9.10. The van der Waals surface area contributed by atoms with E-state index in [9.17, 15) is 0 Å². The first-order chi connectivity index (χ1) is 8.20. The summed E-state index contributed by atoms with van der Waals surface area (Å²) in [4.78, 5) is 8.42. The molecule has 4 nitrogen and oxygen atoms in total. The van der Waals surface area contributed by atoms with Crippen LogP contribution in [0.1, 0.15) is 31.0 Å². The third kappa shape index (κ3) is 3.04. The van der Waals surface area contributed by atoms with Gasteiger partial charge in [-0.05, 0) is 34.5 Å². The van der Waals surface area contributed by atoms with E-state index in [4.69, 9.17) is 16.1 Å². The van der Waals surface area contributed by atoms with Gasteiger partial charge < -0.3 is 4.52 Å². The maximum Gasteiger partial charge on any atom is 0.276 e. The number of hydrogen-bond acceptors (Lipinski definition) is 4. The standard InChI is InChI=1S/C11H11BrClN3O/c1-2-3-8(13)10-15-11(17-16-10)9-5-4-7(12)6-14-9/h4-6,8H,2-3H2,1H3. The first-order valence-electron chi connectivity index (χ1n) is 5.30.